The van der Waals surface area contributed by atoms with E-state index < -0.39 is 0 Å². The minimum Gasteiger partial charge on any atom is -0.483 e. The lowest BCUT2D eigenvalue weighted by atomic mass is 10.0. The summed E-state index contributed by atoms with van der Waals surface area (Å²) in [5.74, 6) is 0.281. The Morgan fingerprint density at radius 1 is 1.11 bits per heavy atom. The Bertz CT molecular complexity index is 1030. The smallest absolute Gasteiger partial charge is 0.336 e. The number of hydrogen-bond donors (Lipinski definition) is 1. The molecule has 0 aliphatic carbocycles. The predicted molar refractivity (Wildman–Crippen MR) is 111 cm³/mol. The Morgan fingerprint density at radius 3 is 2.57 bits per heavy atom. The van der Waals surface area contributed by atoms with Gasteiger partial charge >= 0.3 is 5.63 Å². The SMILES string of the molecule is CCCCc1cc(=O)oc2c(C)c(OCC(=O)Nc3ccc(C)cc3)ccc12. The fraction of sp³-hybridized carbons (Fsp3) is 0.304. The van der Waals surface area contributed by atoms with Crippen LogP contribution in [0, 0.1) is 13.8 Å². The maximum Gasteiger partial charge on any atom is 0.336 e. The first-order valence-corrected chi connectivity index (χ1v) is 9.53. The zero-order valence-electron chi connectivity index (χ0n) is 16.5. The van der Waals surface area contributed by atoms with Crippen LogP contribution in [0.4, 0.5) is 5.69 Å². The predicted octanol–water partition coefficient (Wildman–Crippen LogP) is 4.77. The van der Waals surface area contributed by atoms with Crippen LogP contribution in [0.15, 0.2) is 51.7 Å². The van der Waals surface area contributed by atoms with Crippen molar-refractivity contribution in [3.05, 3.63) is 69.6 Å². The molecule has 1 N–H and O–H groups in total. The molecule has 2 aromatic carbocycles. The molecular weight excluding hydrogens is 354 g/mol. The number of unbranched alkanes of at least 4 members (excludes halogenated alkanes) is 1. The van der Waals surface area contributed by atoms with Gasteiger partial charge < -0.3 is 14.5 Å². The lowest BCUT2D eigenvalue weighted by Crippen LogP contribution is -2.20. The van der Waals surface area contributed by atoms with Gasteiger partial charge in [0.1, 0.15) is 11.3 Å². The summed E-state index contributed by atoms with van der Waals surface area (Å²) in [7, 11) is 0. The second-order valence-corrected chi connectivity index (χ2v) is 6.96. The van der Waals surface area contributed by atoms with Gasteiger partial charge in [0, 0.05) is 22.7 Å². The van der Waals surface area contributed by atoms with Gasteiger partial charge in [0.2, 0.25) is 0 Å². The summed E-state index contributed by atoms with van der Waals surface area (Å²) in [5.41, 5.74) is 3.71. The second kappa shape index (κ2) is 8.74. The number of fused-ring (bicyclic) bond motifs is 1. The van der Waals surface area contributed by atoms with Crippen molar-refractivity contribution in [2.45, 2.75) is 40.0 Å². The average molecular weight is 379 g/mol. The van der Waals surface area contributed by atoms with Crippen molar-refractivity contribution < 1.29 is 13.9 Å². The van der Waals surface area contributed by atoms with Gasteiger partial charge in [-0.1, -0.05) is 31.0 Å². The first kappa shape index (κ1) is 19.7. The summed E-state index contributed by atoms with van der Waals surface area (Å²) >= 11 is 0. The molecule has 1 amide bonds. The van der Waals surface area contributed by atoms with Crippen LogP contribution in [0.5, 0.6) is 5.75 Å². The van der Waals surface area contributed by atoms with E-state index in [-0.39, 0.29) is 18.1 Å². The van der Waals surface area contributed by atoms with Crippen molar-refractivity contribution in [2.24, 2.45) is 0 Å². The molecule has 1 heterocycles. The summed E-state index contributed by atoms with van der Waals surface area (Å²) in [4.78, 5) is 24.1. The van der Waals surface area contributed by atoms with Crippen molar-refractivity contribution >= 4 is 22.6 Å². The molecule has 0 radical (unpaired) electrons. The highest BCUT2D eigenvalue weighted by Crippen LogP contribution is 2.29. The van der Waals surface area contributed by atoms with Gasteiger partial charge in [0.05, 0.1) is 0 Å². The lowest BCUT2D eigenvalue weighted by molar-refractivity contribution is -0.118. The van der Waals surface area contributed by atoms with Gasteiger partial charge in [0.15, 0.2) is 6.61 Å². The fourth-order valence-electron chi connectivity index (χ4n) is 3.12. The summed E-state index contributed by atoms with van der Waals surface area (Å²) in [6.07, 6.45) is 2.89. The van der Waals surface area contributed by atoms with E-state index >= 15 is 0 Å². The van der Waals surface area contributed by atoms with Gasteiger partial charge in [-0.25, -0.2) is 4.79 Å². The van der Waals surface area contributed by atoms with E-state index in [4.69, 9.17) is 9.15 Å². The molecule has 0 unspecified atom stereocenters. The van der Waals surface area contributed by atoms with Crippen LogP contribution >= 0.6 is 0 Å². The van der Waals surface area contributed by atoms with Crippen LogP contribution in [0.2, 0.25) is 0 Å². The number of carbonyl (C=O) groups is 1. The monoisotopic (exact) mass is 379 g/mol. The van der Waals surface area contributed by atoms with E-state index in [0.717, 1.165) is 47.0 Å². The summed E-state index contributed by atoms with van der Waals surface area (Å²) < 4.78 is 11.1. The van der Waals surface area contributed by atoms with Crippen molar-refractivity contribution in [3.8, 4) is 5.75 Å². The maximum absolute atomic E-state index is 12.2. The van der Waals surface area contributed by atoms with Gasteiger partial charge in [-0.15, -0.1) is 0 Å². The molecule has 28 heavy (non-hydrogen) atoms. The van der Waals surface area contributed by atoms with Crippen LogP contribution in [0.1, 0.15) is 36.5 Å². The highest BCUT2D eigenvalue weighted by atomic mass is 16.5. The molecule has 0 fully saturated rings. The fourth-order valence-corrected chi connectivity index (χ4v) is 3.12. The number of aryl methyl sites for hydroxylation is 3. The van der Waals surface area contributed by atoms with E-state index in [0.29, 0.717) is 11.3 Å². The number of hydrogen-bond acceptors (Lipinski definition) is 4. The Labute approximate surface area is 164 Å². The van der Waals surface area contributed by atoms with Gasteiger partial charge in [-0.3, -0.25) is 4.79 Å². The molecule has 5 heteroatoms. The minimum absolute atomic E-state index is 0.125. The van der Waals surface area contributed by atoms with Crippen LogP contribution < -0.4 is 15.7 Å². The molecule has 0 saturated heterocycles. The first-order valence-electron chi connectivity index (χ1n) is 9.53. The highest BCUT2D eigenvalue weighted by molar-refractivity contribution is 5.92. The Balaban J connectivity index is 1.76. The largest absolute Gasteiger partial charge is 0.483 e. The molecule has 0 aliphatic heterocycles. The summed E-state index contributed by atoms with van der Waals surface area (Å²) in [5, 5.41) is 3.72. The molecule has 0 bridgehead atoms. The topological polar surface area (TPSA) is 68.5 Å². The van der Waals surface area contributed by atoms with Gasteiger partial charge in [-0.2, -0.15) is 0 Å². The van der Waals surface area contributed by atoms with E-state index in [1.807, 2.05) is 50.2 Å². The van der Waals surface area contributed by atoms with Gasteiger partial charge in [-0.05, 0) is 56.5 Å². The number of anilines is 1. The average Bonchev–Trinajstić information content (AvgIpc) is 2.68. The van der Waals surface area contributed by atoms with E-state index in [9.17, 15) is 9.59 Å². The molecule has 1 aromatic heterocycles. The molecule has 0 atom stereocenters. The van der Waals surface area contributed by atoms with Gasteiger partial charge in [0.25, 0.3) is 5.91 Å². The Hall–Kier alpha value is -3.08. The maximum atomic E-state index is 12.2. The number of rotatable bonds is 7. The number of benzene rings is 2. The number of nitrogens with one attached hydrogen (secondary N) is 1. The number of amides is 1. The van der Waals surface area contributed by atoms with Crippen molar-refractivity contribution in [1.29, 1.82) is 0 Å². The Morgan fingerprint density at radius 2 is 1.86 bits per heavy atom. The summed E-state index contributed by atoms with van der Waals surface area (Å²) in [6.45, 7) is 5.82. The van der Waals surface area contributed by atoms with Crippen LogP contribution in [-0.4, -0.2) is 12.5 Å². The van der Waals surface area contributed by atoms with E-state index in [1.165, 1.54) is 0 Å². The third kappa shape index (κ3) is 4.60. The summed E-state index contributed by atoms with van der Waals surface area (Å²) in [6, 6.07) is 12.8. The normalized spacial score (nSPS) is 10.8. The number of carbonyl (C=O) groups excluding carboxylic acids is 1. The zero-order chi connectivity index (χ0) is 20.1. The minimum atomic E-state index is -0.365. The standard InChI is InChI=1S/C23H25NO4/c1-4-5-6-17-13-22(26)28-23-16(3)20(12-11-19(17)23)27-14-21(25)24-18-9-7-15(2)8-10-18/h7-13H,4-6,14H2,1-3H3,(H,24,25). The third-order valence-corrected chi connectivity index (χ3v) is 4.69. The molecule has 5 nitrogen and oxygen atoms in total. The van der Waals surface area contributed by atoms with Crippen molar-refractivity contribution in [1.82, 2.24) is 0 Å². The van der Waals surface area contributed by atoms with Crippen LogP contribution in [0.3, 0.4) is 0 Å². The molecule has 0 saturated carbocycles. The Kier molecular flexibility index (Phi) is 6.14. The van der Waals surface area contributed by atoms with Crippen LogP contribution in [0.25, 0.3) is 11.0 Å². The molecule has 146 valence electrons. The van der Waals surface area contributed by atoms with E-state index in [2.05, 4.69) is 12.2 Å². The first-order chi connectivity index (χ1) is 13.5. The second-order valence-electron chi connectivity index (χ2n) is 6.96. The lowest BCUT2D eigenvalue weighted by Gasteiger charge is -2.12. The third-order valence-electron chi connectivity index (χ3n) is 4.69. The zero-order valence-corrected chi connectivity index (χ0v) is 16.5. The van der Waals surface area contributed by atoms with Crippen LogP contribution in [-0.2, 0) is 11.2 Å². The van der Waals surface area contributed by atoms with Crippen molar-refractivity contribution in [3.63, 3.8) is 0 Å². The van der Waals surface area contributed by atoms with E-state index in [1.54, 1.807) is 6.07 Å². The molecule has 3 aromatic rings. The highest BCUT2D eigenvalue weighted by Gasteiger charge is 2.13. The molecule has 3 rings (SSSR count). The molecular formula is C23H25NO4. The van der Waals surface area contributed by atoms with Crippen molar-refractivity contribution in [2.75, 3.05) is 11.9 Å². The number of ether oxygens (including phenoxy) is 1. The molecule has 0 spiro atoms. The quantitative estimate of drug-likeness (QED) is 0.601. The molecule has 0 aliphatic rings.